The van der Waals surface area contributed by atoms with Gasteiger partial charge in [-0.3, -0.25) is 9.69 Å². The number of amides is 1. The zero-order valence-electron chi connectivity index (χ0n) is 21.2. The van der Waals surface area contributed by atoms with E-state index < -0.39 is 11.7 Å². The smallest absolute Gasteiger partial charge is 0.369 e. The number of hydrogen-bond donors (Lipinski definition) is 1. The van der Waals surface area contributed by atoms with Crippen molar-refractivity contribution in [3.63, 3.8) is 0 Å². The highest BCUT2D eigenvalue weighted by Gasteiger charge is 2.30. The van der Waals surface area contributed by atoms with E-state index in [0.29, 0.717) is 28.4 Å². The van der Waals surface area contributed by atoms with Crippen molar-refractivity contribution >= 4 is 11.6 Å². The normalized spacial score (nSPS) is 17.9. The van der Waals surface area contributed by atoms with Crippen LogP contribution in [0.15, 0.2) is 96.7 Å². The molecule has 1 unspecified atom stereocenters. The van der Waals surface area contributed by atoms with Gasteiger partial charge in [0.05, 0.1) is 5.56 Å². The summed E-state index contributed by atoms with van der Waals surface area (Å²) >= 11 is 0. The van der Waals surface area contributed by atoms with Crippen LogP contribution in [0.4, 0.5) is 18.9 Å². The fraction of sp³-hybridized carbons (Fsp3) is 0.258. The number of nitrogens with zero attached hydrogens (tertiary/aromatic N) is 2. The summed E-state index contributed by atoms with van der Waals surface area (Å²) in [5, 5.41) is 2.92. The van der Waals surface area contributed by atoms with E-state index in [9.17, 15) is 18.0 Å². The number of alkyl halides is 3. The molecule has 0 aliphatic carbocycles. The van der Waals surface area contributed by atoms with Crippen LogP contribution in [0.3, 0.4) is 0 Å². The van der Waals surface area contributed by atoms with E-state index in [1.54, 1.807) is 24.3 Å². The van der Waals surface area contributed by atoms with Crippen molar-refractivity contribution < 1.29 is 18.0 Å². The summed E-state index contributed by atoms with van der Waals surface area (Å²) in [5.41, 5.74) is 3.94. The van der Waals surface area contributed by atoms with E-state index >= 15 is 0 Å². The van der Waals surface area contributed by atoms with Crippen LogP contribution in [0.1, 0.15) is 34.3 Å². The lowest BCUT2D eigenvalue weighted by atomic mass is 9.98. The van der Waals surface area contributed by atoms with Gasteiger partial charge >= 0.3 is 6.18 Å². The molecule has 1 atom stereocenters. The second kappa shape index (κ2) is 10.9. The van der Waals surface area contributed by atoms with E-state index in [0.717, 1.165) is 37.3 Å². The van der Waals surface area contributed by atoms with E-state index in [2.05, 4.69) is 40.5 Å². The summed E-state index contributed by atoms with van der Waals surface area (Å²) in [6, 6.07) is 20.0. The lowest BCUT2D eigenvalue weighted by molar-refractivity contribution is -0.137. The van der Waals surface area contributed by atoms with Crippen molar-refractivity contribution in [3.8, 4) is 11.1 Å². The topological polar surface area (TPSA) is 35.6 Å². The molecule has 1 fully saturated rings. The van der Waals surface area contributed by atoms with Crippen LogP contribution in [-0.4, -0.2) is 41.9 Å². The third-order valence-corrected chi connectivity index (χ3v) is 7.18. The molecule has 3 aromatic carbocycles. The van der Waals surface area contributed by atoms with Gasteiger partial charge in [-0.2, -0.15) is 13.2 Å². The number of nitrogens with one attached hydrogen (secondary N) is 1. The van der Waals surface area contributed by atoms with Gasteiger partial charge in [-0.25, -0.2) is 0 Å². The number of likely N-dealkylation sites (tertiary alicyclic amines) is 1. The number of halogens is 3. The number of carbonyl (C=O) groups excluding carboxylic acids is 1. The molecule has 3 aromatic rings. The van der Waals surface area contributed by atoms with Crippen LogP contribution in [0, 0.1) is 0 Å². The average molecular weight is 518 g/mol. The molecule has 4 nitrogen and oxygen atoms in total. The van der Waals surface area contributed by atoms with Gasteiger partial charge in [0.15, 0.2) is 0 Å². The molecule has 2 aliphatic heterocycles. The summed E-state index contributed by atoms with van der Waals surface area (Å²) in [6.07, 6.45) is 4.73. The largest absolute Gasteiger partial charge is 0.416 e. The minimum atomic E-state index is -4.41. The minimum Gasteiger partial charge on any atom is -0.369 e. The first kappa shape index (κ1) is 25.8. The number of anilines is 1. The SMILES string of the molecule is CN1CCCC1C1=CN(Cc2ccc(NC(=O)c3ccccc3-c3ccc(C(F)(F)F)cc3)cc2)CC=C1. The number of hydrogen-bond acceptors (Lipinski definition) is 3. The lowest BCUT2D eigenvalue weighted by Gasteiger charge is -2.28. The van der Waals surface area contributed by atoms with Crippen LogP contribution in [0.2, 0.25) is 0 Å². The van der Waals surface area contributed by atoms with Crippen molar-refractivity contribution in [2.75, 3.05) is 25.5 Å². The van der Waals surface area contributed by atoms with Crippen LogP contribution < -0.4 is 5.32 Å². The molecule has 1 N–H and O–H groups in total. The Bertz CT molecular complexity index is 1340. The molecular weight excluding hydrogens is 487 g/mol. The summed E-state index contributed by atoms with van der Waals surface area (Å²) in [4.78, 5) is 17.8. The minimum absolute atomic E-state index is 0.317. The molecule has 1 amide bonds. The van der Waals surface area contributed by atoms with Crippen LogP contribution >= 0.6 is 0 Å². The second-order valence-corrected chi connectivity index (χ2v) is 9.87. The van der Waals surface area contributed by atoms with Crippen LogP contribution in [-0.2, 0) is 12.7 Å². The molecular formula is C31H30F3N3O. The molecule has 1 saturated heterocycles. The number of likely N-dealkylation sites (N-methyl/N-ethyl adjacent to an activating group) is 1. The van der Waals surface area contributed by atoms with Gasteiger partial charge in [-0.05, 0) is 79.0 Å². The predicted octanol–water partition coefficient (Wildman–Crippen LogP) is 6.97. The molecule has 0 radical (unpaired) electrons. The maximum Gasteiger partial charge on any atom is 0.416 e. The molecule has 0 aromatic heterocycles. The molecule has 2 aliphatic rings. The van der Waals surface area contributed by atoms with Crippen molar-refractivity contribution in [3.05, 3.63) is 113 Å². The Morgan fingerprint density at radius 1 is 1.00 bits per heavy atom. The Hall–Kier alpha value is -3.84. The monoisotopic (exact) mass is 517 g/mol. The first-order chi connectivity index (χ1) is 18.3. The third-order valence-electron chi connectivity index (χ3n) is 7.18. The van der Waals surface area contributed by atoms with Crippen molar-refractivity contribution in [1.82, 2.24) is 9.80 Å². The molecule has 7 heteroatoms. The standard InChI is InChI=1S/C31H30F3N3O/c1-36-18-5-9-29(36)24-6-4-19-37(21-24)20-22-10-16-26(17-11-22)35-30(38)28-8-3-2-7-27(28)23-12-14-25(15-13-23)31(32,33)34/h2-4,6-8,10-17,21,29H,5,9,18-20H2,1H3,(H,35,38). The highest BCUT2D eigenvalue weighted by Crippen LogP contribution is 2.32. The number of rotatable bonds is 6. The number of benzene rings is 3. The highest BCUT2D eigenvalue weighted by atomic mass is 19.4. The fourth-order valence-electron chi connectivity index (χ4n) is 5.17. The highest BCUT2D eigenvalue weighted by molar-refractivity contribution is 6.08. The van der Waals surface area contributed by atoms with Gasteiger partial charge in [0.1, 0.15) is 0 Å². The summed E-state index contributed by atoms with van der Waals surface area (Å²) in [7, 11) is 2.18. The van der Waals surface area contributed by atoms with Crippen molar-refractivity contribution in [1.29, 1.82) is 0 Å². The molecule has 0 spiro atoms. The van der Waals surface area contributed by atoms with Crippen LogP contribution in [0.5, 0.6) is 0 Å². The van der Waals surface area contributed by atoms with E-state index in [1.165, 1.54) is 30.5 Å². The molecule has 0 bridgehead atoms. The Morgan fingerprint density at radius 2 is 1.74 bits per heavy atom. The fourth-order valence-corrected chi connectivity index (χ4v) is 5.17. The van der Waals surface area contributed by atoms with Gasteiger partial charge in [0.25, 0.3) is 5.91 Å². The maximum atomic E-state index is 13.1. The lowest BCUT2D eigenvalue weighted by Crippen LogP contribution is -2.29. The zero-order valence-corrected chi connectivity index (χ0v) is 21.2. The van der Waals surface area contributed by atoms with Gasteiger partial charge in [0.2, 0.25) is 0 Å². The van der Waals surface area contributed by atoms with Crippen molar-refractivity contribution in [2.45, 2.75) is 31.6 Å². The van der Waals surface area contributed by atoms with Gasteiger partial charge in [0, 0.05) is 36.6 Å². The van der Waals surface area contributed by atoms with Gasteiger partial charge in [-0.15, -0.1) is 0 Å². The first-order valence-electron chi connectivity index (χ1n) is 12.8. The summed E-state index contributed by atoms with van der Waals surface area (Å²) in [5.74, 6) is -0.317. The second-order valence-electron chi connectivity index (χ2n) is 9.87. The molecule has 5 rings (SSSR count). The molecule has 2 heterocycles. The van der Waals surface area contributed by atoms with Crippen molar-refractivity contribution in [2.24, 2.45) is 0 Å². The Morgan fingerprint density at radius 3 is 2.42 bits per heavy atom. The molecule has 38 heavy (non-hydrogen) atoms. The average Bonchev–Trinajstić information content (AvgIpc) is 3.35. The first-order valence-corrected chi connectivity index (χ1v) is 12.8. The summed E-state index contributed by atoms with van der Waals surface area (Å²) < 4.78 is 38.9. The Balaban J connectivity index is 1.25. The van der Waals surface area contributed by atoms with Crippen LogP contribution in [0.25, 0.3) is 11.1 Å². The predicted molar refractivity (Wildman–Crippen MR) is 145 cm³/mol. The van der Waals surface area contributed by atoms with E-state index in [1.807, 2.05) is 24.3 Å². The Labute approximate surface area is 221 Å². The third kappa shape index (κ3) is 5.83. The number of carbonyl (C=O) groups is 1. The Kier molecular flexibility index (Phi) is 7.38. The van der Waals surface area contributed by atoms with Gasteiger partial charge in [-0.1, -0.05) is 54.6 Å². The summed E-state index contributed by atoms with van der Waals surface area (Å²) in [6.45, 7) is 2.77. The van der Waals surface area contributed by atoms with Gasteiger partial charge < -0.3 is 10.2 Å². The molecule has 196 valence electrons. The van der Waals surface area contributed by atoms with E-state index in [4.69, 9.17) is 0 Å². The van der Waals surface area contributed by atoms with E-state index in [-0.39, 0.29) is 5.91 Å². The zero-order chi connectivity index (χ0) is 26.7. The maximum absolute atomic E-state index is 13.1. The molecule has 0 saturated carbocycles. The quantitative estimate of drug-likeness (QED) is 0.383.